The predicted octanol–water partition coefficient (Wildman–Crippen LogP) is 2.90. The lowest BCUT2D eigenvalue weighted by molar-refractivity contribution is 0.0374. The first-order valence-electron chi connectivity index (χ1n) is 12.4. The normalized spacial score (nSPS) is 15.8. The molecule has 1 fully saturated rings. The lowest BCUT2D eigenvalue weighted by Gasteiger charge is -2.27. The number of morpholine rings is 1. The molecule has 0 spiro atoms. The summed E-state index contributed by atoms with van der Waals surface area (Å²) >= 11 is 0. The van der Waals surface area contributed by atoms with Crippen LogP contribution in [0.2, 0.25) is 0 Å². The van der Waals surface area contributed by atoms with Crippen molar-refractivity contribution in [3.8, 4) is 17.3 Å². The SMILES string of the molecule is CC(CCN1CCOCC1)S(=O)(=O)NCCOc1nc(-c2cn(O)c3ccccc23)c2ccccc2n1. The Labute approximate surface area is 215 Å². The van der Waals surface area contributed by atoms with E-state index in [1.54, 1.807) is 13.1 Å². The summed E-state index contributed by atoms with van der Waals surface area (Å²) in [5.41, 5.74) is 2.73. The van der Waals surface area contributed by atoms with Crippen molar-refractivity contribution < 1.29 is 23.1 Å². The number of nitrogens with one attached hydrogen (secondary N) is 1. The van der Waals surface area contributed by atoms with Crippen LogP contribution in [0.25, 0.3) is 33.1 Å². The fraction of sp³-hybridized carbons (Fsp3) is 0.385. The van der Waals surface area contributed by atoms with Crippen LogP contribution in [-0.4, -0.2) is 84.5 Å². The van der Waals surface area contributed by atoms with Gasteiger partial charge in [0, 0.05) is 36.0 Å². The number of nitrogens with zero attached hydrogens (tertiary/aromatic N) is 4. The van der Waals surface area contributed by atoms with Gasteiger partial charge in [-0.3, -0.25) is 4.90 Å². The smallest absolute Gasteiger partial charge is 0.317 e. The fourth-order valence-electron chi connectivity index (χ4n) is 4.49. The summed E-state index contributed by atoms with van der Waals surface area (Å²) in [7, 11) is -3.48. The lowest BCUT2D eigenvalue weighted by Crippen LogP contribution is -2.40. The van der Waals surface area contributed by atoms with Gasteiger partial charge >= 0.3 is 6.01 Å². The first-order chi connectivity index (χ1) is 17.9. The van der Waals surface area contributed by atoms with Gasteiger partial charge in [0.2, 0.25) is 10.0 Å². The summed E-state index contributed by atoms with van der Waals surface area (Å²) in [4.78, 5) is 11.4. The number of hydrogen-bond acceptors (Lipinski definition) is 8. The number of para-hydroxylation sites is 2. The van der Waals surface area contributed by atoms with Crippen LogP contribution >= 0.6 is 0 Å². The highest BCUT2D eigenvalue weighted by Crippen LogP contribution is 2.34. The van der Waals surface area contributed by atoms with Gasteiger partial charge in [-0.25, -0.2) is 13.1 Å². The summed E-state index contributed by atoms with van der Waals surface area (Å²) in [6.45, 7) is 5.68. The van der Waals surface area contributed by atoms with Crippen LogP contribution in [-0.2, 0) is 14.8 Å². The van der Waals surface area contributed by atoms with E-state index in [-0.39, 0.29) is 19.2 Å². The Hall–Kier alpha value is -3.25. The molecule has 5 rings (SSSR count). The van der Waals surface area contributed by atoms with Crippen molar-refractivity contribution in [2.45, 2.75) is 18.6 Å². The van der Waals surface area contributed by atoms with E-state index in [0.29, 0.717) is 36.4 Å². The quantitative estimate of drug-likeness (QED) is 0.240. The van der Waals surface area contributed by atoms with Crippen molar-refractivity contribution in [1.29, 1.82) is 0 Å². The highest BCUT2D eigenvalue weighted by molar-refractivity contribution is 7.90. The van der Waals surface area contributed by atoms with E-state index in [1.807, 2.05) is 48.5 Å². The van der Waals surface area contributed by atoms with Gasteiger partial charge in [0.1, 0.15) is 6.61 Å². The largest absolute Gasteiger partial charge is 0.462 e. The molecule has 0 aliphatic carbocycles. The van der Waals surface area contributed by atoms with Crippen LogP contribution in [0, 0.1) is 0 Å². The van der Waals surface area contributed by atoms with Crippen LogP contribution in [0.15, 0.2) is 54.7 Å². The number of rotatable bonds is 10. The summed E-state index contributed by atoms with van der Waals surface area (Å²) in [5.74, 6) is 0. The van der Waals surface area contributed by atoms with Crippen molar-refractivity contribution in [3.05, 3.63) is 54.7 Å². The second-order valence-corrected chi connectivity index (χ2v) is 11.3. The molecule has 4 aromatic rings. The number of sulfonamides is 1. The fourth-order valence-corrected chi connectivity index (χ4v) is 5.56. The molecular weight excluding hydrogens is 494 g/mol. The van der Waals surface area contributed by atoms with E-state index in [0.717, 1.165) is 40.7 Å². The van der Waals surface area contributed by atoms with Gasteiger partial charge in [0.05, 0.1) is 41.4 Å². The molecule has 1 aliphatic heterocycles. The third-order valence-corrected chi connectivity index (χ3v) is 8.55. The molecule has 1 saturated heterocycles. The van der Waals surface area contributed by atoms with Gasteiger partial charge < -0.3 is 14.7 Å². The Kier molecular flexibility index (Phi) is 7.56. The zero-order valence-electron chi connectivity index (χ0n) is 20.7. The standard InChI is InChI=1S/C26H31N5O5S/c1-19(10-12-30-13-16-35-17-14-30)37(33,34)27-11-15-36-26-28-23-8-4-2-7-21(23)25(29-26)22-18-31(32)24-9-5-3-6-20(22)24/h2-9,18-19,27,32H,10-17H2,1H3. The van der Waals surface area contributed by atoms with Gasteiger partial charge in [0.25, 0.3) is 0 Å². The molecule has 1 aliphatic rings. The minimum absolute atomic E-state index is 0.0783. The molecule has 0 radical (unpaired) electrons. The maximum atomic E-state index is 12.7. The van der Waals surface area contributed by atoms with Crippen molar-refractivity contribution in [2.24, 2.45) is 0 Å². The Morgan fingerprint density at radius 1 is 1.08 bits per heavy atom. The average Bonchev–Trinajstić information content (AvgIpc) is 3.26. The topological polar surface area (TPSA) is 119 Å². The molecule has 1 atom stereocenters. The molecule has 3 heterocycles. The van der Waals surface area contributed by atoms with E-state index in [2.05, 4.69) is 19.6 Å². The Morgan fingerprint density at radius 3 is 2.62 bits per heavy atom. The second-order valence-electron chi connectivity index (χ2n) is 9.12. The molecule has 0 amide bonds. The average molecular weight is 526 g/mol. The van der Waals surface area contributed by atoms with Crippen LogP contribution in [0.5, 0.6) is 6.01 Å². The number of ether oxygens (including phenoxy) is 2. The van der Waals surface area contributed by atoms with Gasteiger partial charge in [-0.1, -0.05) is 36.4 Å². The second kappa shape index (κ2) is 11.0. The summed E-state index contributed by atoms with van der Waals surface area (Å²) in [6.07, 6.45) is 2.17. The van der Waals surface area contributed by atoms with E-state index in [9.17, 15) is 13.6 Å². The van der Waals surface area contributed by atoms with E-state index in [1.165, 1.54) is 0 Å². The number of fused-ring (bicyclic) bond motifs is 2. The molecule has 11 heteroatoms. The van der Waals surface area contributed by atoms with Gasteiger partial charge in [-0.05, 0) is 32.0 Å². The number of hydrogen-bond donors (Lipinski definition) is 2. The summed E-state index contributed by atoms with van der Waals surface area (Å²) in [6, 6.07) is 15.2. The molecule has 0 bridgehead atoms. The molecular formula is C26H31N5O5S. The predicted molar refractivity (Wildman–Crippen MR) is 141 cm³/mol. The first-order valence-corrected chi connectivity index (χ1v) is 13.9. The summed E-state index contributed by atoms with van der Waals surface area (Å²) < 4.78 is 40.2. The maximum absolute atomic E-state index is 12.7. The van der Waals surface area contributed by atoms with E-state index in [4.69, 9.17) is 9.47 Å². The van der Waals surface area contributed by atoms with E-state index < -0.39 is 15.3 Å². The Balaban J connectivity index is 1.26. The van der Waals surface area contributed by atoms with Gasteiger partial charge in [-0.2, -0.15) is 14.7 Å². The molecule has 196 valence electrons. The van der Waals surface area contributed by atoms with Gasteiger partial charge in [-0.15, -0.1) is 0 Å². The van der Waals surface area contributed by atoms with Crippen LogP contribution < -0.4 is 9.46 Å². The molecule has 0 saturated carbocycles. The molecule has 2 aromatic heterocycles. The number of aromatic nitrogens is 3. The highest BCUT2D eigenvalue weighted by atomic mass is 32.2. The molecule has 2 N–H and O–H groups in total. The maximum Gasteiger partial charge on any atom is 0.317 e. The van der Waals surface area contributed by atoms with Crippen molar-refractivity contribution in [3.63, 3.8) is 0 Å². The Morgan fingerprint density at radius 2 is 1.81 bits per heavy atom. The first kappa shape index (κ1) is 25.4. The van der Waals surface area contributed by atoms with Crippen molar-refractivity contribution >= 4 is 31.8 Å². The van der Waals surface area contributed by atoms with Crippen molar-refractivity contribution in [2.75, 3.05) is 46.0 Å². The molecule has 1 unspecified atom stereocenters. The zero-order chi connectivity index (χ0) is 25.8. The van der Waals surface area contributed by atoms with Crippen LogP contribution in [0.4, 0.5) is 0 Å². The molecule has 37 heavy (non-hydrogen) atoms. The zero-order valence-corrected chi connectivity index (χ0v) is 21.5. The highest BCUT2D eigenvalue weighted by Gasteiger charge is 2.22. The third kappa shape index (κ3) is 5.69. The van der Waals surface area contributed by atoms with Crippen molar-refractivity contribution in [1.82, 2.24) is 24.3 Å². The Bertz CT molecular complexity index is 1480. The minimum Gasteiger partial charge on any atom is -0.462 e. The van der Waals surface area contributed by atoms with E-state index >= 15 is 0 Å². The summed E-state index contributed by atoms with van der Waals surface area (Å²) in [5, 5.41) is 11.5. The number of benzene rings is 2. The lowest BCUT2D eigenvalue weighted by atomic mass is 10.1. The molecule has 10 nitrogen and oxygen atoms in total. The molecule has 2 aromatic carbocycles. The monoisotopic (exact) mass is 525 g/mol. The minimum atomic E-state index is -3.48. The third-order valence-electron chi connectivity index (χ3n) is 6.65. The van der Waals surface area contributed by atoms with Crippen LogP contribution in [0.3, 0.4) is 0 Å². The van der Waals surface area contributed by atoms with Crippen LogP contribution in [0.1, 0.15) is 13.3 Å². The van der Waals surface area contributed by atoms with Gasteiger partial charge in [0.15, 0.2) is 0 Å².